The lowest BCUT2D eigenvalue weighted by Crippen LogP contribution is -1.89. The number of hydrogen-bond donors (Lipinski definition) is 1. The largest absolute Gasteiger partial charge is 0.356 e. The van der Waals surface area contributed by atoms with Gasteiger partial charge in [-0.1, -0.05) is 0 Å². The van der Waals surface area contributed by atoms with Gasteiger partial charge in [-0.3, -0.25) is 0 Å². The second kappa shape index (κ2) is 6.75. The summed E-state index contributed by atoms with van der Waals surface area (Å²) < 4.78 is 0. The molecule has 0 spiro atoms. The first-order valence-corrected chi connectivity index (χ1v) is 7.04. The van der Waals surface area contributed by atoms with E-state index in [1.54, 1.807) is 0 Å². The molecule has 0 saturated heterocycles. The molecule has 0 aliphatic heterocycles. The number of nitrogens with one attached hydrogen (secondary N) is 1. The minimum absolute atomic E-state index is 0.925. The fourth-order valence-corrected chi connectivity index (χ4v) is 2.24. The summed E-state index contributed by atoms with van der Waals surface area (Å²) in [5.74, 6) is 0. The second-order valence-corrected chi connectivity index (χ2v) is 5.28. The van der Waals surface area contributed by atoms with Crippen LogP contribution in [0.5, 0.6) is 0 Å². The molecule has 92 valence electrons. The fourth-order valence-electron chi connectivity index (χ4n) is 1.48. The Morgan fingerprint density at radius 2 is 1.05 bits per heavy atom. The summed E-state index contributed by atoms with van der Waals surface area (Å²) in [6.07, 6.45) is 0. The molecule has 2 rings (SSSR count). The molecule has 0 aromatic heterocycles. The lowest BCUT2D eigenvalue weighted by molar-refractivity contribution is 1.42. The van der Waals surface area contributed by atoms with E-state index in [1.165, 1.54) is 0 Å². The number of anilines is 2. The Hall–Kier alpha value is -2.08. The molecule has 1 N–H and O–H groups in total. The number of thiocyanates is 2. The monoisotopic (exact) mass is 283 g/mol. The zero-order valence-corrected chi connectivity index (χ0v) is 11.5. The summed E-state index contributed by atoms with van der Waals surface area (Å²) in [5.41, 5.74) is 1.92. The van der Waals surface area contributed by atoms with Gasteiger partial charge >= 0.3 is 0 Å². The van der Waals surface area contributed by atoms with E-state index in [0.29, 0.717) is 0 Å². The Morgan fingerprint density at radius 3 is 1.37 bits per heavy atom. The Morgan fingerprint density at radius 1 is 0.684 bits per heavy atom. The predicted molar refractivity (Wildman–Crippen MR) is 79.1 cm³/mol. The number of thioether (sulfide) groups is 2. The summed E-state index contributed by atoms with van der Waals surface area (Å²) in [6.45, 7) is 0. The van der Waals surface area contributed by atoms with Crippen LogP contribution in [-0.2, 0) is 0 Å². The SMILES string of the molecule is N#CSc1ccc(Nc2ccc(SC#N)cc2)cc1. The zero-order chi connectivity index (χ0) is 13.5. The van der Waals surface area contributed by atoms with Crippen molar-refractivity contribution in [2.75, 3.05) is 5.32 Å². The highest BCUT2D eigenvalue weighted by Gasteiger charge is 1.97. The van der Waals surface area contributed by atoms with Crippen LogP contribution in [0.1, 0.15) is 0 Å². The van der Waals surface area contributed by atoms with Crippen molar-refractivity contribution in [2.45, 2.75) is 9.79 Å². The molecule has 0 radical (unpaired) electrons. The van der Waals surface area contributed by atoms with Gasteiger partial charge in [-0.05, 0) is 72.1 Å². The normalized spacial score (nSPS) is 9.37. The van der Waals surface area contributed by atoms with Gasteiger partial charge in [0.05, 0.1) is 0 Å². The van der Waals surface area contributed by atoms with Crippen molar-refractivity contribution >= 4 is 34.9 Å². The second-order valence-electron chi connectivity index (χ2n) is 3.56. The lowest BCUT2D eigenvalue weighted by Gasteiger charge is -2.07. The zero-order valence-electron chi connectivity index (χ0n) is 9.83. The summed E-state index contributed by atoms with van der Waals surface area (Å²) >= 11 is 2.28. The predicted octanol–water partition coefficient (Wildman–Crippen LogP) is 4.58. The molecular formula is C14H9N3S2. The molecule has 2 aromatic rings. The minimum atomic E-state index is 0.925. The van der Waals surface area contributed by atoms with E-state index in [4.69, 9.17) is 10.5 Å². The number of nitriles is 2. The van der Waals surface area contributed by atoms with E-state index in [1.807, 2.05) is 59.3 Å². The van der Waals surface area contributed by atoms with Crippen LogP contribution in [0.25, 0.3) is 0 Å². The Balaban J connectivity index is 2.04. The van der Waals surface area contributed by atoms with Crippen molar-refractivity contribution < 1.29 is 0 Å². The van der Waals surface area contributed by atoms with Crippen molar-refractivity contribution in [1.82, 2.24) is 0 Å². The van der Waals surface area contributed by atoms with E-state index >= 15 is 0 Å². The molecule has 0 saturated carbocycles. The average molecular weight is 283 g/mol. The van der Waals surface area contributed by atoms with Crippen LogP contribution in [0.2, 0.25) is 0 Å². The van der Waals surface area contributed by atoms with E-state index < -0.39 is 0 Å². The molecule has 0 amide bonds. The third-order valence-corrected chi connectivity index (χ3v) is 3.52. The van der Waals surface area contributed by atoms with E-state index in [0.717, 1.165) is 44.7 Å². The smallest absolute Gasteiger partial charge is 0.138 e. The molecule has 0 aliphatic rings. The molecule has 0 atom stereocenters. The van der Waals surface area contributed by atoms with Gasteiger partial charge in [0.1, 0.15) is 10.8 Å². The summed E-state index contributed by atoms with van der Waals surface area (Å²) in [6, 6.07) is 15.3. The van der Waals surface area contributed by atoms with Crippen molar-refractivity contribution in [2.24, 2.45) is 0 Å². The minimum Gasteiger partial charge on any atom is -0.356 e. The highest BCUT2D eigenvalue weighted by molar-refractivity contribution is 8.04. The van der Waals surface area contributed by atoms with Crippen molar-refractivity contribution in [3.8, 4) is 10.8 Å². The summed E-state index contributed by atoms with van der Waals surface area (Å²) in [7, 11) is 0. The number of nitrogens with zero attached hydrogens (tertiary/aromatic N) is 2. The average Bonchev–Trinajstić information content (AvgIpc) is 2.44. The van der Waals surface area contributed by atoms with Crippen molar-refractivity contribution in [1.29, 1.82) is 10.5 Å². The maximum Gasteiger partial charge on any atom is 0.138 e. The fraction of sp³-hybridized carbons (Fsp3) is 0. The van der Waals surface area contributed by atoms with Crippen LogP contribution in [0.15, 0.2) is 58.3 Å². The van der Waals surface area contributed by atoms with Crippen molar-refractivity contribution in [3.05, 3.63) is 48.5 Å². The van der Waals surface area contributed by atoms with Crippen LogP contribution >= 0.6 is 23.5 Å². The Labute approximate surface area is 120 Å². The first-order chi connectivity index (χ1) is 9.31. The maximum atomic E-state index is 8.57. The molecule has 0 bridgehead atoms. The van der Waals surface area contributed by atoms with Crippen LogP contribution in [0.3, 0.4) is 0 Å². The number of rotatable bonds is 4. The van der Waals surface area contributed by atoms with E-state index in [-0.39, 0.29) is 0 Å². The first-order valence-electron chi connectivity index (χ1n) is 5.41. The quantitative estimate of drug-likeness (QED) is 0.657. The van der Waals surface area contributed by atoms with Crippen LogP contribution in [-0.4, -0.2) is 0 Å². The van der Waals surface area contributed by atoms with E-state index in [2.05, 4.69) is 5.32 Å². The van der Waals surface area contributed by atoms with Crippen LogP contribution in [0, 0.1) is 21.3 Å². The Bertz CT molecular complexity index is 564. The molecule has 19 heavy (non-hydrogen) atoms. The van der Waals surface area contributed by atoms with Gasteiger partial charge in [0, 0.05) is 21.2 Å². The molecule has 0 unspecified atom stereocenters. The standard InChI is InChI=1S/C14H9N3S2/c15-9-18-13-5-1-11(2-6-13)17-12-3-7-14(8-4-12)19-10-16/h1-8,17H. The van der Waals surface area contributed by atoms with Gasteiger partial charge in [0.15, 0.2) is 0 Å². The van der Waals surface area contributed by atoms with Crippen LogP contribution < -0.4 is 5.32 Å². The van der Waals surface area contributed by atoms with Gasteiger partial charge in [0.2, 0.25) is 0 Å². The van der Waals surface area contributed by atoms with Crippen LogP contribution in [0.4, 0.5) is 11.4 Å². The lowest BCUT2D eigenvalue weighted by atomic mass is 10.3. The summed E-state index contributed by atoms with van der Waals surface area (Å²) in [5, 5.41) is 24.5. The Kier molecular flexibility index (Phi) is 4.74. The molecule has 3 nitrogen and oxygen atoms in total. The van der Waals surface area contributed by atoms with Crippen molar-refractivity contribution in [3.63, 3.8) is 0 Å². The third-order valence-electron chi connectivity index (χ3n) is 2.32. The molecule has 2 aromatic carbocycles. The van der Waals surface area contributed by atoms with Gasteiger partial charge in [0.25, 0.3) is 0 Å². The summed E-state index contributed by atoms with van der Waals surface area (Å²) in [4.78, 5) is 1.85. The topological polar surface area (TPSA) is 59.6 Å². The number of benzene rings is 2. The molecule has 0 fully saturated rings. The van der Waals surface area contributed by atoms with E-state index in [9.17, 15) is 0 Å². The van der Waals surface area contributed by atoms with Gasteiger partial charge in [-0.2, -0.15) is 10.5 Å². The highest BCUT2D eigenvalue weighted by atomic mass is 32.2. The first kappa shape index (κ1) is 13.4. The third kappa shape index (κ3) is 3.96. The molecule has 0 aliphatic carbocycles. The highest BCUT2D eigenvalue weighted by Crippen LogP contribution is 2.23. The number of hydrogen-bond acceptors (Lipinski definition) is 5. The molecular weight excluding hydrogens is 274 g/mol. The van der Waals surface area contributed by atoms with Gasteiger partial charge in [-0.15, -0.1) is 0 Å². The molecule has 5 heteroatoms. The van der Waals surface area contributed by atoms with Gasteiger partial charge in [-0.25, -0.2) is 0 Å². The maximum absolute atomic E-state index is 8.57. The van der Waals surface area contributed by atoms with Gasteiger partial charge < -0.3 is 5.32 Å². The molecule has 0 heterocycles.